The Hall–Kier alpha value is -5.35. The van der Waals surface area contributed by atoms with Crippen LogP contribution in [0.15, 0.2) is 42.5 Å². The largest absolute Gasteiger partial charge is 0.503 e. The fraction of sp³-hybridized carbons (Fsp3) is 0.551. The second-order valence-electron chi connectivity index (χ2n) is 18.9. The monoisotopic (exact) mass is 899 g/mol. The van der Waals surface area contributed by atoms with Gasteiger partial charge in [0.05, 0.1) is 29.9 Å². The molecule has 2 atom stereocenters. The number of piperazine rings is 1. The van der Waals surface area contributed by atoms with Crippen LogP contribution >= 0.6 is 0 Å². The van der Waals surface area contributed by atoms with Gasteiger partial charge in [0.2, 0.25) is 17.7 Å². The van der Waals surface area contributed by atoms with Crippen LogP contribution < -0.4 is 24.8 Å². The van der Waals surface area contributed by atoms with E-state index in [0.29, 0.717) is 79.4 Å². The van der Waals surface area contributed by atoms with Crippen molar-refractivity contribution < 1.29 is 42.2 Å². The molecule has 6 aliphatic rings. The first-order chi connectivity index (χ1) is 31.3. The van der Waals surface area contributed by atoms with Crippen molar-refractivity contribution >= 4 is 40.7 Å². The molecule has 2 N–H and O–H groups in total. The molecule has 65 heavy (non-hydrogen) atoms. The SMILES string of the molecule is CCC1(CC)C(=O)N(c2cc(F)cc(F)c2O)[C@H]1c1cc(F)c(N2CCC(CN3CCN(CC4CCN(c5ccc6c(c5)CN([C@H]5CCC(=O)NC5=O)C6=O)CC4)CC3)CC2)cc1OC. The number of rotatable bonds is 12. The number of carbonyl (C=O) groups is 4. The van der Waals surface area contributed by atoms with Crippen LogP contribution in [0.3, 0.4) is 0 Å². The lowest BCUT2D eigenvalue weighted by Crippen LogP contribution is -2.63. The predicted molar refractivity (Wildman–Crippen MR) is 239 cm³/mol. The topological polar surface area (TPSA) is 129 Å². The maximum Gasteiger partial charge on any atom is 0.255 e. The zero-order valence-corrected chi connectivity index (χ0v) is 37.6. The number of amides is 4. The van der Waals surface area contributed by atoms with E-state index in [9.17, 15) is 33.1 Å². The molecule has 0 aromatic heterocycles. The Morgan fingerprint density at radius 2 is 1.38 bits per heavy atom. The Kier molecular flexibility index (Phi) is 12.5. The average Bonchev–Trinajstić information content (AvgIpc) is 3.63. The number of carbonyl (C=O) groups excluding carboxylic acids is 4. The molecule has 16 heteroatoms. The number of fused-ring (bicyclic) bond motifs is 1. The number of imide groups is 1. The standard InChI is InChI=1S/C49H60F3N7O6/c1-4-49(5-2)45(59(48(49)64)41-24-33(50)23-38(52)44(41)61)36-25-37(51)40(26-42(36)65-3)57-16-12-31(13-17-57)28-55-20-18-54(19-21-55)27-30-10-14-56(15-11-30)34-6-7-35-32(22-34)29-58(47(35)63)39-8-9-43(60)53-46(39)62/h6-7,22-26,30-31,39,45,61H,4-5,8-21,27-29H2,1-3H3,(H,53,60,62)/t39-,45-/m0/s1. The van der Waals surface area contributed by atoms with Crippen molar-refractivity contribution in [3.8, 4) is 11.5 Å². The van der Waals surface area contributed by atoms with Crippen molar-refractivity contribution in [3.63, 3.8) is 0 Å². The number of ether oxygens (including phenoxy) is 1. The molecule has 348 valence electrons. The Bertz CT molecular complexity index is 2340. The zero-order chi connectivity index (χ0) is 45.7. The molecule has 6 heterocycles. The first kappa shape index (κ1) is 44.8. The molecule has 0 unspecified atom stereocenters. The normalized spacial score (nSPS) is 23.5. The van der Waals surface area contributed by atoms with E-state index in [2.05, 4.69) is 31.0 Å². The number of hydrogen-bond acceptors (Lipinski definition) is 10. The van der Waals surface area contributed by atoms with Crippen molar-refractivity contribution in [2.24, 2.45) is 17.3 Å². The van der Waals surface area contributed by atoms with Gasteiger partial charge in [-0.25, -0.2) is 13.2 Å². The Labute approximate surface area is 378 Å². The molecular weight excluding hydrogens is 840 g/mol. The lowest BCUT2D eigenvalue weighted by atomic mass is 9.64. The van der Waals surface area contributed by atoms with E-state index >= 15 is 4.39 Å². The maximum atomic E-state index is 16.3. The lowest BCUT2D eigenvalue weighted by molar-refractivity contribution is -0.141. The number of benzene rings is 3. The number of aromatic hydroxyl groups is 1. The third-order valence-electron chi connectivity index (χ3n) is 15.5. The zero-order valence-electron chi connectivity index (χ0n) is 37.6. The summed E-state index contributed by atoms with van der Waals surface area (Å²) < 4.78 is 51.0. The van der Waals surface area contributed by atoms with Crippen LogP contribution in [0.4, 0.5) is 30.2 Å². The van der Waals surface area contributed by atoms with Crippen molar-refractivity contribution in [1.29, 1.82) is 0 Å². The van der Waals surface area contributed by atoms with E-state index in [-0.39, 0.29) is 23.9 Å². The summed E-state index contributed by atoms with van der Waals surface area (Å²) in [4.78, 5) is 63.4. The van der Waals surface area contributed by atoms with Crippen LogP contribution in [0.1, 0.15) is 92.7 Å². The second-order valence-corrected chi connectivity index (χ2v) is 18.9. The van der Waals surface area contributed by atoms with Gasteiger partial charge in [-0.15, -0.1) is 0 Å². The highest BCUT2D eigenvalue weighted by Crippen LogP contribution is 2.59. The number of piperidine rings is 3. The summed E-state index contributed by atoms with van der Waals surface area (Å²) in [5.74, 6) is -3.14. The molecule has 5 fully saturated rings. The summed E-state index contributed by atoms with van der Waals surface area (Å²) in [6.45, 7) is 13.6. The van der Waals surface area contributed by atoms with Gasteiger partial charge >= 0.3 is 0 Å². The Morgan fingerprint density at radius 3 is 1.98 bits per heavy atom. The number of β-lactam (4-membered cyclic amide) rings is 1. The van der Waals surface area contributed by atoms with Crippen LogP contribution in [-0.2, 0) is 20.9 Å². The molecule has 4 amide bonds. The van der Waals surface area contributed by atoms with Gasteiger partial charge in [0.15, 0.2) is 11.6 Å². The average molecular weight is 900 g/mol. The van der Waals surface area contributed by atoms with Crippen LogP contribution in [-0.4, -0.2) is 122 Å². The molecule has 9 rings (SSSR count). The van der Waals surface area contributed by atoms with Crippen molar-refractivity contribution in [2.75, 3.05) is 87.3 Å². The fourth-order valence-corrected chi connectivity index (χ4v) is 11.6. The van der Waals surface area contributed by atoms with Crippen LogP contribution in [0.2, 0.25) is 0 Å². The second kappa shape index (κ2) is 18.1. The highest BCUT2D eigenvalue weighted by molar-refractivity contribution is 6.08. The first-order valence-electron chi connectivity index (χ1n) is 23.4. The smallest absolute Gasteiger partial charge is 0.255 e. The van der Waals surface area contributed by atoms with Gasteiger partial charge in [0.1, 0.15) is 23.4 Å². The minimum absolute atomic E-state index is 0.147. The van der Waals surface area contributed by atoms with Gasteiger partial charge in [-0.05, 0) is 86.6 Å². The summed E-state index contributed by atoms with van der Waals surface area (Å²) in [6.07, 6.45) is 5.44. The number of phenolic OH excluding ortho intramolecular Hbond substituents is 1. The minimum atomic E-state index is -1.18. The third-order valence-corrected chi connectivity index (χ3v) is 15.5. The summed E-state index contributed by atoms with van der Waals surface area (Å²) in [6, 6.07) is 9.14. The molecule has 0 saturated carbocycles. The van der Waals surface area contributed by atoms with Gasteiger partial charge in [0.25, 0.3) is 5.91 Å². The molecule has 0 radical (unpaired) electrons. The molecule has 13 nitrogen and oxygen atoms in total. The number of nitrogens with one attached hydrogen (secondary N) is 1. The molecule has 0 bridgehead atoms. The number of phenols is 1. The van der Waals surface area contributed by atoms with E-state index < -0.39 is 52.5 Å². The van der Waals surface area contributed by atoms with Crippen molar-refractivity contribution in [1.82, 2.24) is 20.0 Å². The molecule has 6 aliphatic heterocycles. The minimum Gasteiger partial charge on any atom is -0.503 e. The van der Waals surface area contributed by atoms with Gasteiger partial charge in [-0.3, -0.25) is 29.4 Å². The number of halogens is 3. The van der Waals surface area contributed by atoms with E-state index in [1.165, 1.54) is 18.1 Å². The number of hydrogen-bond donors (Lipinski definition) is 2. The van der Waals surface area contributed by atoms with Crippen LogP contribution in [0.25, 0.3) is 0 Å². The van der Waals surface area contributed by atoms with Gasteiger partial charge in [0, 0.05) is 113 Å². The molecule has 0 spiro atoms. The van der Waals surface area contributed by atoms with Crippen molar-refractivity contribution in [3.05, 3.63) is 76.6 Å². The number of methoxy groups -OCH3 is 1. The molecule has 3 aromatic rings. The van der Waals surface area contributed by atoms with Crippen LogP contribution in [0.5, 0.6) is 11.5 Å². The van der Waals surface area contributed by atoms with E-state index in [1.807, 2.05) is 26.0 Å². The summed E-state index contributed by atoms with van der Waals surface area (Å²) in [5.41, 5.74) is 2.22. The summed E-state index contributed by atoms with van der Waals surface area (Å²) in [7, 11) is 1.49. The van der Waals surface area contributed by atoms with Gasteiger partial charge in [-0.2, -0.15) is 0 Å². The van der Waals surface area contributed by atoms with E-state index in [4.69, 9.17) is 4.74 Å². The quantitative estimate of drug-likeness (QED) is 0.160. The van der Waals surface area contributed by atoms with Gasteiger partial charge < -0.3 is 34.3 Å². The van der Waals surface area contributed by atoms with Crippen molar-refractivity contribution in [2.45, 2.75) is 83.8 Å². The van der Waals surface area contributed by atoms with Crippen LogP contribution in [0, 0.1) is 34.7 Å². The van der Waals surface area contributed by atoms with E-state index in [0.717, 1.165) is 95.4 Å². The highest BCUT2D eigenvalue weighted by atomic mass is 19.1. The van der Waals surface area contributed by atoms with E-state index in [1.54, 1.807) is 11.0 Å². The Balaban J connectivity index is 0.743. The Morgan fingerprint density at radius 1 is 0.754 bits per heavy atom. The molecule has 3 aromatic carbocycles. The first-order valence-corrected chi connectivity index (χ1v) is 23.4. The summed E-state index contributed by atoms with van der Waals surface area (Å²) >= 11 is 0. The predicted octanol–water partition coefficient (Wildman–Crippen LogP) is 6.22. The lowest BCUT2D eigenvalue weighted by Gasteiger charge is -2.56. The highest BCUT2D eigenvalue weighted by Gasteiger charge is 2.61. The number of anilines is 3. The maximum absolute atomic E-state index is 16.3. The summed E-state index contributed by atoms with van der Waals surface area (Å²) in [5, 5.41) is 12.9. The molecule has 5 saturated heterocycles. The molecular formula is C49H60F3N7O6. The van der Waals surface area contributed by atoms with Gasteiger partial charge in [-0.1, -0.05) is 13.8 Å². The molecule has 0 aliphatic carbocycles. The number of nitrogens with zero attached hydrogens (tertiary/aromatic N) is 6. The third kappa shape index (κ3) is 8.29. The fourth-order valence-electron chi connectivity index (χ4n) is 11.6.